The minimum Gasteiger partial charge on any atom is -0.361 e. The Morgan fingerprint density at radius 3 is 2.40 bits per heavy atom. The first-order chi connectivity index (χ1) is 24.2. The SMILES string of the molecule is C[C@@H]1NC(=O)[C@H](Cc2c[nH]c3ccccc23)N(C)C(=O)[C@H](CCCCN)NC(=O)[C@H](CCCN)NCc2ccccc2Sc2c(Cl)cccc21. The van der Waals surface area contributed by atoms with E-state index in [1.165, 1.54) is 16.7 Å². The average molecular weight is 718 g/mol. The van der Waals surface area contributed by atoms with Gasteiger partial charge in [-0.3, -0.25) is 14.4 Å². The quantitative estimate of drug-likeness (QED) is 0.132. The van der Waals surface area contributed by atoms with Gasteiger partial charge in [0.25, 0.3) is 0 Å². The van der Waals surface area contributed by atoms with Gasteiger partial charge in [-0.1, -0.05) is 71.9 Å². The van der Waals surface area contributed by atoms with Gasteiger partial charge in [0.1, 0.15) is 12.1 Å². The molecule has 0 unspecified atom stereocenters. The highest BCUT2D eigenvalue weighted by atomic mass is 35.5. The first kappa shape index (κ1) is 37.4. The lowest BCUT2D eigenvalue weighted by atomic mass is 10.00. The van der Waals surface area contributed by atoms with Crippen molar-refractivity contribution in [3.8, 4) is 0 Å². The normalized spacial score (nSPS) is 20.9. The van der Waals surface area contributed by atoms with Crippen molar-refractivity contribution >= 4 is 52.0 Å². The number of hydrogen-bond donors (Lipinski definition) is 6. The van der Waals surface area contributed by atoms with Crippen LogP contribution in [0.25, 0.3) is 10.9 Å². The predicted octanol–water partition coefficient (Wildman–Crippen LogP) is 5.04. The van der Waals surface area contributed by atoms with E-state index >= 15 is 0 Å². The Balaban J connectivity index is 1.58. The lowest BCUT2D eigenvalue weighted by Crippen LogP contribution is -2.57. The minimum absolute atomic E-state index is 0.263. The number of rotatable bonds is 9. The van der Waals surface area contributed by atoms with E-state index in [1.54, 1.807) is 7.05 Å². The Morgan fingerprint density at radius 2 is 1.60 bits per heavy atom. The maximum atomic E-state index is 14.4. The second kappa shape index (κ2) is 17.9. The molecule has 0 saturated heterocycles. The fourth-order valence-corrected chi connectivity index (χ4v) is 7.90. The highest BCUT2D eigenvalue weighted by molar-refractivity contribution is 7.99. The summed E-state index contributed by atoms with van der Waals surface area (Å²) < 4.78 is 0. The molecule has 1 aliphatic rings. The van der Waals surface area contributed by atoms with Gasteiger partial charge in [-0.05, 0) is 87.0 Å². The van der Waals surface area contributed by atoms with E-state index in [9.17, 15) is 14.4 Å². The van der Waals surface area contributed by atoms with Crippen LogP contribution < -0.4 is 27.4 Å². The van der Waals surface area contributed by atoms with Crippen molar-refractivity contribution in [1.82, 2.24) is 25.8 Å². The topological polar surface area (TPSA) is 158 Å². The van der Waals surface area contributed by atoms with Gasteiger partial charge in [-0.15, -0.1) is 0 Å². The van der Waals surface area contributed by atoms with Crippen LogP contribution in [0.3, 0.4) is 0 Å². The minimum atomic E-state index is -0.879. The monoisotopic (exact) mass is 717 g/mol. The highest BCUT2D eigenvalue weighted by Gasteiger charge is 2.35. The molecule has 0 fully saturated rings. The highest BCUT2D eigenvalue weighted by Crippen LogP contribution is 2.40. The van der Waals surface area contributed by atoms with Crippen molar-refractivity contribution in [3.63, 3.8) is 0 Å². The fourth-order valence-electron chi connectivity index (χ4n) is 6.44. The smallest absolute Gasteiger partial charge is 0.245 e. The maximum absolute atomic E-state index is 14.4. The molecule has 0 spiro atoms. The third-order valence-corrected chi connectivity index (χ3v) is 11.0. The van der Waals surface area contributed by atoms with Crippen LogP contribution in [-0.2, 0) is 27.3 Å². The molecule has 1 aliphatic heterocycles. The van der Waals surface area contributed by atoms with Crippen molar-refractivity contribution in [3.05, 3.63) is 94.6 Å². The number of halogens is 1. The summed E-state index contributed by atoms with van der Waals surface area (Å²) in [5.74, 6) is -0.935. The zero-order valence-corrected chi connectivity index (χ0v) is 30.3. The summed E-state index contributed by atoms with van der Waals surface area (Å²) in [6, 6.07) is 18.8. The molecule has 1 aromatic heterocycles. The van der Waals surface area contributed by atoms with Gasteiger partial charge in [0.15, 0.2) is 0 Å². The van der Waals surface area contributed by atoms with Crippen molar-refractivity contribution in [2.24, 2.45) is 11.5 Å². The molecule has 4 atom stereocenters. The van der Waals surface area contributed by atoms with E-state index in [0.29, 0.717) is 56.8 Å². The molecule has 3 amide bonds. The zero-order chi connectivity index (χ0) is 35.6. The Kier molecular flexibility index (Phi) is 13.4. The van der Waals surface area contributed by atoms with Gasteiger partial charge in [0.2, 0.25) is 17.7 Å². The summed E-state index contributed by atoms with van der Waals surface area (Å²) in [6.07, 6.45) is 5.00. The summed E-state index contributed by atoms with van der Waals surface area (Å²) in [4.78, 5) is 49.4. The molecular formula is C38H48ClN7O3S. The van der Waals surface area contributed by atoms with Gasteiger partial charge in [-0.2, -0.15) is 0 Å². The Hall–Kier alpha value is -3.87. The van der Waals surface area contributed by atoms with E-state index in [0.717, 1.165) is 37.4 Å². The van der Waals surface area contributed by atoms with Crippen molar-refractivity contribution in [2.75, 3.05) is 20.1 Å². The number of unbranched alkanes of at least 4 members (excludes halogenated alkanes) is 1. The number of H-pyrrole nitrogens is 1. The van der Waals surface area contributed by atoms with E-state index in [1.807, 2.05) is 79.9 Å². The Morgan fingerprint density at radius 1 is 0.860 bits per heavy atom. The molecule has 0 bridgehead atoms. The van der Waals surface area contributed by atoms with Gasteiger partial charge >= 0.3 is 0 Å². The molecule has 266 valence electrons. The molecule has 0 aliphatic carbocycles. The van der Waals surface area contributed by atoms with E-state index in [4.69, 9.17) is 23.1 Å². The predicted molar refractivity (Wildman–Crippen MR) is 201 cm³/mol. The van der Waals surface area contributed by atoms with Gasteiger partial charge in [0.05, 0.1) is 17.1 Å². The molecule has 5 rings (SSSR count). The van der Waals surface area contributed by atoms with Crippen LogP contribution in [0.2, 0.25) is 5.02 Å². The molecule has 8 N–H and O–H groups in total. The molecule has 50 heavy (non-hydrogen) atoms. The fraction of sp³-hybridized carbons (Fsp3) is 0.395. The molecule has 12 heteroatoms. The summed E-state index contributed by atoms with van der Waals surface area (Å²) in [7, 11) is 1.64. The van der Waals surface area contributed by atoms with Crippen molar-refractivity contribution < 1.29 is 14.4 Å². The first-order valence-corrected chi connectivity index (χ1v) is 18.5. The zero-order valence-electron chi connectivity index (χ0n) is 28.7. The lowest BCUT2D eigenvalue weighted by Gasteiger charge is -2.32. The molecule has 0 radical (unpaired) electrons. The number of likely N-dealkylation sites (N-methyl/N-ethyl adjacent to an activating group) is 1. The molecule has 10 nitrogen and oxygen atoms in total. The number of aromatic nitrogens is 1. The van der Waals surface area contributed by atoms with Crippen LogP contribution in [0.4, 0.5) is 0 Å². The standard InChI is InChI=1S/C38H48ClN7O3S/c1-24-27-13-9-14-29(39)35(27)50-34-18-6-3-11-25(34)22-43-31(17-10-20-41)36(47)45-32(16-7-8-19-40)38(49)46(2)33(37(48)44-24)21-26-23-42-30-15-5-4-12-28(26)30/h3-6,9,11-15,18,23-24,31-33,42-43H,7-8,10,16-17,19-22,40-41H2,1-2H3,(H,44,48)(H,45,47)/t24-,31-,32-,33-/m0/s1. The van der Waals surface area contributed by atoms with Crippen LogP contribution in [0.1, 0.15) is 61.8 Å². The van der Waals surface area contributed by atoms with Crippen LogP contribution in [0, 0.1) is 0 Å². The summed E-state index contributed by atoms with van der Waals surface area (Å²) in [5.41, 5.74) is 15.4. The second-order valence-corrected chi connectivity index (χ2v) is 14.3. The summed E-state index contributed by atoms with van der Waals surface area (Å²) >= 11 is 8.37. The number of benzene rings is 3. The van der Waals surface area contributed by atoms with Crippen LogP contribution in [0.15, 0.2) is 82.7 Å². The van der Waals surface area contributed by atoms with Crippen LogP contribution >= 0.6 is 23.4 Å². The number of carbonyl (C=O) groups excluding carboxylic acids is 3. The third kappa shape index (κ3) is 9.07. The number of aromatic amines is 1. The molecular weight excluding hydrogens is 670 g/mol. The number of nitrogens with two attached hydrogens (primary N) is 2. The number of hydrogen-bond acceptors (Lipinski definition) is 7. The number of para-hydroxylation sites is 1. The largest absolute Gasteiger partial charge is 0.361 e. The molecule has 2 heterocycles. The number of fused-ring (bicyclic) bond motifs is 3. The summed E-state index contributed by atoms with van der Waals surface area (Å²) in [5, 5.41) is 11.3. The number of nitrogens with one attached hydrogen (secondary N) is 4. The van der Waals surface area contributed by atoms with Crippen molar-refractivity contribution in [1.29, 1.82) is 0 Å². The van der Waals surface area contributed by atoms with E-state index in [2.05, 4.69) is 20.9 Å². The summed E-state index contributed by atoms with van der Waals surface area (Å²) in [6.45, 7) is 3.24. The van der Waals surface area contributed by atoms with Gasteiger partial charge in [0, 0.05) is 46.9 Å². The maximum Gasteiger partial charge on any atom is 0.245 e. The Labute approximate surface area is 303 Å². The van der Waals surface area contributed by atoms with E-state index in [-0.39, 0.29) is 24.1 Å². The van der Waals surface area contributed by atoms with E-state index < -0.39 is 24.2 Å². The average Bonchev–Trinajstić information content (AvgIpc) is 3.53. The molecule has 0 saturated carbocycles. The van der Waals surface area contributed by atoms with Crippen LogP contribution in [0.5, 0.6) is 0 Å². The van der Waals surface area contributed by atoms with Gasteiger partial charge < -0.3 is 37.3 Å². The first-order valence-electron chi connectivity index (χ1n) is 17.3. The second-order valence-electron chi connectivity index (χ2n) is 12.8. The third-order valence-electron chi connectivity index (χ3n) is 9.33. The number of amides is 3. The number of carbonyl (C=O) groups is 3. The van der Waals surface area contributed by atoms with Crippen molar-refractivity contribution in [2.45, 2.75) is 86.0 Å². The number of nitrogens with zero attached hydrogens (tertiary/aromatic N) is 1. The lowest BCUT2D eigenvalue weighted by molar-refractivity contribution is -0.142. The molecule has 3 aromatic carbocycles. The van der Waals surface area contributed by atoms with Gasteiger partial charge in [-0.25, -0.2) is 0 Å². The van der Waals surface area contributed by atoms with Crippen LogP contribution in [-0.4, -0.2) is 65.9 Å². The molecule has 4 aromatic rings. The Bertz CT molecular complexity index is 1780.